The van der Waals surface area contributed by atoms with Crippen molar-refractivity contribution >= 4 is 11.9 Å². The Balaban J connectivity index is 2.36. The van der Waals surface area contributed by atoms with Crippen LogP contribution in [0, 0.1) is 0 Å². The van der Waals surface area contributed by atoms with Crippen molar-refractivity contribution in [1.82, 2.24) is 4.90 Å². The van der Waals surface area contributed by atoms with E-state index in [2.05, 4.69) is 0 Å². The third kappa shape index (κ3) is 3.99. The topological polar surface area (TPSA) is 65.1 Å². The molecular formula is C18H25NO5. The number of hydrogen-bond donors (Lipinski definition) is 0. The summed E-state index contributed by atoms with van der Waals surface area (Å²) in [5, 5.41) is 0. The van der Waals surface area contributed by atoms with Gasteiger partial charge in [0.15, 0.2) is 17.3 Å². The summed E-state index contributed by atoms with van der Waals surface area (Å²) in [6.07, 6.45) is 0.607. The maximum atomic E-state index is 12.5. The minimum atomic E-state index is -0.659. The van der Waals surface area contributed by atoms with Gasteiger partial charge in [0.05, 0.1) is 14.2 Å². The van der Waals surface area contributed by atoms with Gasteiger partial charge in [-0.1, -0.05) is 6.07 Å². The lowest BCUT2D eigenvalue weighted by Gasteiger charge is -2.36. The molecule has 0 aromatic heterocycles. The normalized spacial score (nSPS) is 18.3. The van der Waals surface area contributed by atoms with E-state index in [1.54, 1.807) is 25.3 Å². The summed E-state index contributed by atoms with van der Waals surface area (Å²) in [5.74, 6) is 1.10. The Kier molecular flexibility index (Phi) is 5.36. The van der Waals surface area contributed by atoms with Gasteiger partial charge in [0, 0.05) is 13.0 Å². The summed E-state index contributed by atoms with van der Waals surface area (Å²) in [7, 11) is 3.09. The van der Waals surface area contributed by atoms with Gasteiger partial charge in [0.2, 0.25) is 0 Å². The molecule has 1 saturated heterocycles. The lowest BCUT2D eigenvalue weighted by atomic mass is 9.94. The van der Waals surface area contributed by atoms with E-state index >= 15 is 0 Å². The Morgan fingerprint density at radius 2 is 1.83 bits per heavy atom. The highest BCUT2D eigenvalue weighted by Crippen LogP contribution is 2.35. The maximum Gasteiger partial charge on any atom is 0.411 e. The van der Waals surface area contributed by atoms with Crippen LogP contribution in [0.2, 0.25) is 0 Å². The van der Waals surface area contributed by atoms with E-state index in [0.29, 0.717) is 36.4 Å². The van der Waals surface area contributed by atoms with E-state index in [-0.39, 0.29) is 5.78 Å². The summed E-state index contributed by atoms with van der Waals surface area (Å²) >= 11 is 0. The monoisotopic (exact) mass is 335 g/mol. The Morgan fingerprint density at radius 1 is 1.17 bits per heavy atom. The van der Waals surface area contributed by atoms with Crippen LogP contribution >= 0.6 is 0 Å². The minimum absolute atomic E-state index is 0.000621. The van der Waals surface area contributed by atoms with Crippen LogP contribution in [-0.4, -0.2) is 43.1 Å². The first kappa shape index (κ1) is 18.1. The van der Waals surface area contributed by atoms with E-state index in [9.17, 15) is 9.59 Å². The Hall–Kier alpha value is -2.24. The Bertz CT molecular complexity index is 620. The molecule has 0 spiro atoms. The molecule has 1 atom stereocenters. The number of hydrogen-bond acceptors (Lipinski definition) is 5. The highest BCUT2D eigenvalue weighted by atomic mass is 16.6. The molecule has 1 aromatic carbocycles. The molecule has 0 saturated carbocycles. The minimum Gasteiger partial charge on any atom is -0.493 e. The molecule has 1 fully saturated rings. The number of nitrogens with zero attached hydrogens (tertiary/aromatic N) is 1. The molecule has 1 heterocycles. The van der Waals surface area contributed by atoms with E-state index in [4.69, 9.17) is 14.2 Å². The molecule has 0 radical (unpaired) electrons. The number of rotatable bonds is 3. The second-order valence-electron chi connectivity index (χ2n) is 6.76. The summed E-state index contributed by atoms with van der Waals surface area (Å²) in [6, 6.07) is 4.61. The number of carbonyl (C=O) groups excluding carboxylic acids is 2. The SMILES string of the molecule is COc1ccc(C2C(=O)CCCN2C(=O)OC(C)(C)C)cc1OC. The summed E-state index contributed by atoms with van der Waals surface area (Å²) in [6.45, 7) is 5.91. The van der Waals surface area contributed by atoms with Crippen LogP contribution in [-0.2, 0) is 9.53 Å². The number of likely N-dealkylation sites (tertiary alicyclic amines) is 1. The quantitative estimate of drug-likeness (QED) is 0.847. The van der Waals surface area contributed by atoms with Gasteiger partial charge >= 0.3 is 6.09 Å². The second-order valence-corrected chi connectivity index (χ2v) is 6.76. The molecule has 0 bridgehead atoms. The van der Waals surface area contributed by atoms with Crippen molar-refractivity contribution in [2.75, 3.05) is 20.8 Å². The summed E-state index contributed by atoms with van der Waals surface area (Å²) in [5.41, 5.74) is 0.0860. The van der Waals surface area contributed by atoms with E-state index in [1.807, 2.05) is 20.8 Å². The highest BCUT2D eigenvalue weighted by Gasteiger charge is 2.36. The molecule has 1 amide bonds. The zero-order valence-corrected chi connectivity index (χ0v) is 14.9. The smallest absolute Gasteiger partial charge is 0.411 e. The standard InChI is InChI=1S/C18H25NO5/c1-18(2,3)24-17(21)19-10-6-7-13(20)16(19)12-8-9-14(22-4)15(11-12)23-5/h8-9,11,16H,6-7,10H2,1-5H3. The molecule has 1 aliphatic heterocycles. The zero-order chi connectivity index (χ0) is 17.9. The van der Waals surface area contributed by atoms with E-state index in [0.717, 1.165) is 0 Å². The van der Waals surface area contributed by atoms with Gasteiger partial charge in [-0.05, 0) is 44.9 Å². The van der Waals surface area contributed by atoms with Crippen LogP contribution in [0.3, 0.4) is 0 Å². The number of amides is 1. The van der Waals surface area contributed by atoms with Gasteiger partial charge in [-0.3, -0.25) is 9.69 Å². The summed E-state index contributed by atoms with van der Waals surface area (Å²) < 4.78 is 16.0. The first-order chi connectivity index (χ1) is 11.3. The van der Waals surface area contributed by atoms with Gasteiger partial charge in [0.25, 0.3) is 0 Å². The fourth-order valence-corrected chi connectivity index (χ4v) is 2.77. The first-order valence-electron chi connectivity index (χ1n) is 8.01. The van der Waals surface area contributed by atoms with Crippen LogP contribution < -0.4 is 9.47 Å². The molecule has 24 heavy (non-hydrogen) atoms. The molecule has 1 unspecified atom stereocenters. The van der Waals surface area contributed by atoms with Crippen LogP contribution in [0.5, 0.6) is 11.5 Å². The van der Waals surface area contributed by atoms with E-state index in [1.165, 1.54) is 12.0 Å². The van der Waals surface area contributed by atoms with Crippen LogP contribution in [0.1, 0.15) is 45.2 Å². The number of methoxy groups -OCH3 is 2. The Labute approximate surface area is 142 Å². The highest BCUT2D eigenvalue weighted by molar-refractivity contribution is 5.89. The number of benzene rings is 1. The number of ketones is 1. The van der Waals surface area contributed by atoms with Crippen molar-refractivity contribution in [2.45, 2.75) is 45.3 Å². The second kappa shape index (κ2) is 7.11. The van der Waals surface area contributed by atoms with Crippen LogP contribution in [0.25, 0.3) is 0 Å². The molecule has 0 aliphatic carbocycles. The fourth-order valence-electron chi connectivity index (χ4n) is 2.77. The lowest BCUT2D eigenvalue weighted by Crippen LogP contribution is -2.45. The molecule has 1 aromatic rings. The van der Waals surface area contributed by atoms with Gasteiger partial charge in [-0.2, -0.15) is 0 Å². The van der Waals surface area contributed by atoms with Crippen molar-refractivity contribution in [2.24, 2.45) is 0 Å². The van der Waals surface area contributed by atoms with Gasteiger partial charge in [0.1, 0.15) is 11.6 Å². The molecule has 6 nitrogen and oxygen atoms in total. The van der Waals surface area contributed by atoms with Crippen molar-refractivity contribution in [1.29, 1.82) is 0 Å². The van der Waals surface area contributed by atoms with Crippen molar-refractivity contribution < 1.29 is 23.8 Å². The first-order valence-corrected chi connectivity index (χ1v) is 8.01. The molecular weight excluding hydrogens is 310 g/mol. The maximum absolute atomic E-state index is 12.5. The van der Waals surface area contributed by atoms with Crippen molar-refractivity contribution in [3.8, 4) is 11.5 Å². The average molecular weight is 335 g/mol. The van der Waals surface area contributed by atoms with Crippen molar-refractivity contribution in [3.05, 3.63) is 23.8 Å². The lowest BCUT2D eigenvalue weighted by molar-refractivity contribution is -0.127. The molecule has 0 N–H and O–H groups in total. The Morgan fingerprint density at radius 3 is 2.42 bits per heavy atom. The number of piperidine rings is 1. The van der Waals surface area contributed by atoms with Gasteiger partial charge in [-0.25, -0.2) is 4.79 Å². The van der Waals surface area contributed by atoms with Crippen molar-refractivity contribution in [3.63, 3.8) is 0 Å². The predicted molar refractivity (Wildman–Crippen MR) is 89.5 cm³/mol. The van der Waals surface area contributed by atoms with Gasteiger partial charge in [-0.15, -0.1) is 0 Å². The van der Waals surface area contributed by atoms with Crippen LogP contribution in [0.15, 0.2) is 18.2 Å². The number of carbonyl (C=O) groups is 2. The molecule has 1 aliphatic rings. The largest absolute Gasteiger partial charge is 0.493 e. The molecule has 132 valence electrons. The third-order valence-corrected chi connectivity index (χ3v) is 3.79. The van der Waals surface area contributed by atoms with E-state index < -0.39 is 17.7 Å². The third-order valence-electron chi connectivity index (χ3n) is 3.79. The molecule has 2 rings (SSSR count). The summed E-state index contributed by atoms with van der Waals surface area (Å²) in [4.78, 5) is 26.5. The molecule has 6 heteroatoms. The average Bonchev–Trinajstić information content (AvgIpc) is 2.52. The number of ether oxygens (including phenoxy) is 3. The van der Waals surface area contributed by atoms with Gasteiger partial charge < -0.3 is 14.2 Å². The van der Waals surface area contributed by atoms with Crippen LogP contribution in [0.4, 0.5) is 4.79 Å². The fraction of sp³-hybridized carbons (Fsp3) is 0.556. The zero-order valence-electron chi connectivity index (χ0n) is 14.9. The number of Topliss-reactive ketones (excluding diaryl/α,β-unsaturated/α-hetero) is 1. The predicted octanol–water partition coefficient (Wildman–Crippen LogP) is 3.34.